The highest BCUT2D eigenvalue weighted by Gasteiger charge is 2.11. The average molecular weight is 342 g/mol. The molecule has 0 amide bonds. The van der Waals surface area contributed by atoms with Gasteiger partial charge in [-0.05, 0) is 6.42 Å². The maximum atomic E-state index is 12.7. The molecule has 2 aromatic heterocycles. The second kappa shape index (κ2) is 8.56. The minimum absolute atomic E-state index is 0.175. The van der Waals surface area contributed by atoms with E-state index in [9.17, 15) is 8.78 Å². The topological polar surface area (TPSA) is 67.1 Å². The molecule has 6 nitrogen and oxygen atoms in total. The minimum Gasteiger partial charge on any atom is -0.356 e. The van der Waals surface area contributed by atoms with Gasteiger partial charge < -0.3 is 10.6 Å². The highest BCUT2D eigenvalue weighted by atomic mass is 32.1. The van der Waals surface area contributed by atoms with E-state index in [1.165, 1.54) is 17.3 Å². The van der Waals surface area contributed by atoms with E-state index in [-0.39, 0.29) is 12.4 Å². The van der Waals surface area contributed by atoms with Crippen molar-refractivity contribution in [3.8, 4) is 0 Å². The van der Waals surface area contributed by atoms with Crippen molar-refractivity contribution in [1.82, 2.24) is 25.2 Å². The molecule has 0 aromatic carbocycles. The number of nitrogens with one attached hydrogen (secondary N) is 2. The van der Waals surface area contributed by atoms with Crippen LogP contribution in [0.15, 0.2) is 23.6 Å². The molecule has 0 aliphatic rings. The van der Waals surface area contributed by atoms with Crippen molar-refractivity contribution in [2.45, 2.75) is 32.9 Å². The quantitative estimate of drug-likeness (QED) is 0.598. The molecule has 0 saturated carbocycles. The van der Waals surface area contributed by atoms with Crippen molar-refractivity contribution in [1.29, 1.82) is 0 Å². The van der Waals surface area contributed by atoms with Gasteiger partial charge in [-0.25, -0.2) is 9.97 Å². The molecule has 0 bridgehead atoms. The van der Waals surface area contributed by atoms with Gasteiger partial charge >= 0.3 is 6.55 Å². The number of nitrogens with zero attached hydrogens (tertiary/aromatic N) is 4. The first-order valence-electron chi connectivity index (χ1n) is 7.32. The van der Waals surface area contributed by atoms with Crippen molar-refractivity contribution in [2.75, 3.05) is 13.6 Å². The van der Waals surface area contributed by atoms with E-state index in [0.717, 1.165) is 22.4 Å². The molecule has 0 aliphatic carbocycles. The van der Waals surface area contributed by atoms with Gasteiger partial charge in [0.2, 0.25) is 0 Å². The number of halogens is 2. The van der Waals surface area contributed by atoms with Crippen LogP contribution in [0.1, 0.15) is 29.2 Å². The second-order valence-electron chi connectivity index (χ2n) is 4.70. The summed E-state index contributed by atoms with van der Waals surface area (Å²) in [6.07, 6.45) is 6.29. The molecule has 2 aromatic rings. The van der Waals surface area contributed by atoms with Crippen LogP contribution in [0.5, 0.6) is 0 Å². The zero-order chi connectivity index (χ0) is 16.7. The van der Waals surface area contributed by atoms with Crippen LogP contribution in [0.25, 0.3) is 0 Å². The third-order valence-corrected chi connectivity index (χ3v) is 4.38. The summed E-state index contributed by atoms with van der Waals surface area (Å²) < 4.78 is 26.3. The van der Waals surface area contributed by atoms with E-state index in [2.05, 4.69) is 32.5 Å². The summed E-state index contributed by atoms with van der Waals surface area (Å²) in [6.45, 7) is 0.348. The Hall–Kier alpha value is -2.03. The zero-order valence-corrected chi connectivity index (χ0v) is 13.9. The SMILES string of the molecule is CCc1cnc(CCNC(=NC)NCc2nccn2C(F)F)s1. The summed E-state index contributed by atoms with van der Waals surface area (Å²) >= 11 is 1.70. The molecular weight excluding hydrogens is 322 g/mol. The van der Waals surface area contributed by atoms with Gasteiger partial charge in [0.15, 0.2) is 5.96 Å². The summed E-state index contributed by atoms with van der Waals surface area (Å²) in [7, 11) is 1.63. The fourth-order valence-corrected chi connectivity index (χ4v) is 2.82. The monoisotopic (exact) mass is 342 g/mol. The van der Waals surface area contributed by atoms with Crippen molar-refractivity contribution in [3.05, 3.63) is 34.3 Å². The number of rotatable bonds is 7. The van der Waals surface area contributed by atoms with Crippen LogP contribution in [-0.2, 0) is 19.4 Å². The molecule has 0 saturated heterocycles. The summed E-state index contributed by atoms with van der Waals surface area (Å²) in [5, 5.41) is 7.18. The number of aryl methyl sites for hydroxylation is 1. The second-order valence-corrected chi connectivity index (χ2v) is 5.90. The largest absolute Gasteiger partial charge is 0.356 e. The maximum absolute atomic E-state index is 12.7. The molecule has 9 heteroatoms. The third kappa shape index (κ3) is 4.98. The standard InChI is InChI=1S/C14H20F2N6S/c1-3-10-8-20-12(23-10)4-5-19-14(17-2)21-9-11-18-6-7-22(11)13(15)16/h6-8,13H,3-5,9H2,1-2H3,(H2,17,19,21). The Bertz CT molecular complexity index is 637. The number of aromatic nitrogens is 3. The highest BCUT2D eigenvalue weighted by Crippen LogP contribution is 2.13. The van der Waals surface area contributed by atoms with Gasteiger partial charge in [0.1, 0.15) is 5.82 Å². The van der Waals surface area contributed by atoms with Gasteiger partial charge in [0, 0.05) is 43.5 Å². The van der Waals surface area contributed by atoms with E-state index >= 15 is 0 Å². The summed E-state index contributed by atoms with van der Waals surface area (Å²) in [4.78, 5) is 13.6. The number of alkyl halides is 2. The molecule has 0 atom stereocenters. The van der Waals surface area contributed by atoms with Gasteiger partial charge in [-0.15, -0.1) is 11.3 Å². The Balaban J connectivity index is 1.78. The predicted octanol–water partition coefficient (Wildman–Crippen LogP) is 2.20. The van der Waals surface area contributed by atoms with Gasteiger partial charge in [-0.2, -0.15) is 8.78 Å². The molecule has 2 rings (SSSR count). The van der Waals surface area contributed by atoms with E-state index < -0.39 is 6.55 Å². The van der Waals surface area contributed by atoms with Crippen molar-refractivity contribution < 1.29 is 8.78 Å². The fraction of sp³-hybridized carbons (Fsp3) is 0.500. The van der Waals surface area contributed by atoms with Gasteiger partial charge in [-0.3, -0.25) is 9.56 Å². The maximum Gasteiger partial charge on any atom is 0.319 e. The summed E-state index contributed by atoms with van der Waals surface area (Å²) in [5.74, 6) is 0.802. The van der Waals surface area contributed by atoms with Crippen LogP contribution in [0.4, 0.5) is 8.78 Å². The van der Waals surface area contributed by atoms with Crippen molar-refractivity contribution in [2.24, 2.45) is 4.99 Å². The molecular formula is C14H20F2N6S. The van der Waals surface area contributed by atoms with Gasteiger partial charge in [0.25, 0.3) is 0 Å². The lowest BCUT2D eigenvalue weighted by Gasteiger charge is -2.12. The van der Waals surface area contributed by atoms with E-state index in [1.807, 2.05) is 6.20 Å². The van der Waals surface area contributed by atoms with Crippen molar-refractivity contribution in [3.63, 3.8) is 0 Å². The molecule has 126 valence electrons. The molecule has 0 unspecified atom stereocenters. The normalized spacial score (nSPS) is 12.0. The molecule has 2 N–H and O–H groups in total. The lowest BCUT2D eigenvalue weighted by atomic mass is 10.4. The fourth-order valence-electron chi connectivity index (χ4n) is 1.96. The lowest BCUT2D eigenvalue weighted by molar-refractivity contribution is 0.0668. The number of aliphatic imine (C=N–C) groups is 1. The van der Waals surface area contributed by atoms with Crippen LogP contribution in [0.3, 0.4) is 0 Å². The Morgan fingerprint density at radius 2 is 2.22 bits per heavy atom. The van der Waals surface area contributed by atoms with Gasteiger partial charge in [-0.1, -0.05) is 6.92 Å². The number of hydrogen-bond donors (Lipinski definition) is 2. The van der Waals surface area contributed by atoms with E-state index in [1.54, 1.807) is 18.4 Å². The molecule has 2 heterocycles. The van der Waals surface area contributed by atoms with E-state index in [4.69, 9.17) is 0 Å². The van der Waals surface area contributed by atoms with E-state index in [0.29, 0.717) is 12.5 Å². The Morgan fingerprint density at radius 1 is 1.39 bits per heavy atom. The molecule has 0 spiro atoms. The van der Waals surface area contributed by atoms with Crippen LogP contribution >= 0.6 is 11.3 Å². The first-order chi connectivity index (χ1) is 11.1. The molecule has 0 fully saturated rings. The third-order valence-electron chi connectivity index (χ3n) is 3.18. The lowest BCUT2D eigenvalue weighted by Crippen LogP contribution is -2.38. The smallest absolute Gasteiger partial charge is 0.319 e. The number of imidazole rings is 1. The summed E-state index contributed by atoms with van der Waals surface area (Å²) in [5.41, 5.74) is 0. The van der Waals surface area contributed by atoms with Gasteiger partial charge in [0.05, 0.1) is 11.6 Å². The van der Waals surface area contributed by atoms with Crippen LogP contribution < -0.4 is 10.6 Å². The average Bonchev–Trinajstić information content (AvgIpc) is 3.19. The Labute approximate surface area is 137 Å². The minimum atomic E-state index is -2.60. The number of guanidine groups is 1. The summed E-state index contributed by atoms with van der Waals surface area (Å²) in [6, 6.07) is 0. The predicted molar refractivity (Wildman–Crippen MR) is 86.9 cm³/mol. The Morgan fingerprint density at radius 3 is 2.87 bits per heavy atom. The highest BCUT2D eigenvalue weighted by molar-refractivity contribution is 7.11. The zero-order valence-electron chi connectivity index (χ0n) is 13.1. The molecule has 0 radical (unpaired) electrons. The Kier molecular flexibility index (Phi) is 6.45. The van der Waals surface area contributed by atoms with Crippen LogP contribution in [0, 0.1) is 0 Å². The first kappa shape index (κ1) is 17.3. The number of hydrogen-bond acceptors (Lipinski definition) is 4. The molecule has 23 heavy (non-hydrogen) atoms. The van der Waals surface area contributed by atoms with Crippen molar-refractivity contribution >= 4 is 17.3 Å². The number of thiazole rings is 1. The first-order valence-corrected chi connectivity index (χ1v) is 8.13. The molecule has 0 aliphatic heterocycles. The van der Waals surface area contributed by atoms with Crippen LogP contribution in [0.2, 0.25) is 0 Å². The van der Waals surface area contributed by atoms with Crippen LogP contribution in [-0.4, -0.2) is 34.1 Å².